The number of nitrogens with one attached hydrogen (secondary N) is 1. The zero-order valence-corrected chi connectivity index (χ0v) is 8.83. The zero-order chi connectivity index (χ0) is 9.97. The van der Waals surface area contributed by atoms with Gasteiger partial charge in [0.15, 0.2) is 0 Å². The minimum atomic E-state index is 0.484. The molecule has 0 aliphatic carbocycles. The second-order valence-electron chi connectivity index (χ2n) is 3.93. The first kappa shape index (κ1) is 9.62. The molecule has 1 aliphatic rings. The molecule has 1 N–H and O–H groups in total. The first-order valence-corrected chi connectivity index (χ1v) is 5.10. The third kappa shape index (κ3) is 1.79. The van der Waals surface area contributed by atoms with Gasteiger partial charge in [-0.2, -0.15) is 0 Å². The molecule has 1 fully saturated rings. The quantitative estimate of drug-likeness (QED) is 0.717. The lowest BCUT2D eigenvalue weighted by Crippen LogP contribution is -2.44. The number of piperazine rings is 1. The van der Waals surface area contributed by atoms with Crippen LogP contribution in [0.2, 0.25) is 0 Å². The van der Waals surface area contributed by atoms with Crippen LogP contribution in [-0.4, -0.2) is 36.6 Å². The van der Waals surface area contributed by atoms with Crippen molar-refractivity contribution in [2.24, 2.45) is 0 Å². The van der Waals surface area contributed by atoms with E-state index in [9.17, 15) is 0 Å². The summed E-state index contributed by atoms with van der Waals surface area (Å²) in [6.07, 6.45) is 3.85. The SMILES string of the molecule is Cc1ccncc1C1CNCCN1C. The van der Waals surface area contributed by atoms with E-state index >= 15 is 0 Å². The number of aryl methyl sites for hydroxylation is 1. The Hall–Kier alpha value is -0.930. The first-order valence-electron chi connectivity index (χ1n) is 5.10. The van der Waals surface area contributed by atoms with Crippen molar-refractivity contribution in [3.63, 3.8) is 0 Å². The molecule has 3 nitrogen and oxygen atoms in total. The largest absolute Gasteiger partial charge is 0.314 e. The molecule has 0 aromatic carbocycles. The summed E-state index contributed by atoms with van der Waals surface area (Å²) in [7, 11) is 2.18. The first-order chi connectivity index (χ1) is 6.79. The van der Waals surface area contributed by atoms with Crippen molar-refractivity contribution in [2.45, 2.75) is 13.0 Å². The van der Waals surface area contributed by atoms with Gasteiger partial charge in [-0.15, -0.1) is 0 Å². The van der Waals surface area contributed by atoms with Crippen LogP contribution in [0.1, 0.15) is 17.2 Å². The average Bonchev–Trinajstić information content (AvgIpc) is 2.20. The number of hydrogen-bond acceptors (Lipinski definition) is 3. The van der Waals surface area contributed by atoms with Crippen molar-refractivity contribution in [3.05, 3.63) is 29.6 Å². The van der Waals surface area contributed by atoms with Crippen molar-refractivity contribution < 1.29 is 0 Å². The average molecular weight is 191 g/mol. The van der Waals surface area contributed by atoms with Gasteiger partial charge >= 0.3 is 0 Å². The van der Waals surface area contributed by atoms with Gasteiger partial charge in [0.1, 0.15) is 0 Å². The van der Waals surface area contributed by atoms with E-state index in [4.69, 9.17) is 0 Å². The predicted octanol–water partition coefficient (Wildman–Crippen LogP) is 0.966. The van der Waals surface area contributed by atoms with Gasteiger partial charge < -0.3 is 5.32 Å². The van der Waals surface area contributed by atoms with Gasteiger partial charge in [-0.05, 0) is 31.2 Å². The van der Waals surface area contributed by atoms with Gasteiger partial charge in [-0.1, -0.05) is 0 Å². The fourth-order valence-electron chi connectivity index (χ4n) is 1.98. The molecule has 1 saturated heterocycles. The molecule has 14 heavy (non-hydrogen) atoms. The maximum atomic E-state index is 4.20. The zero-order valence-electron chi connectivity index (χ0n) is 8.83. The summed E-state index contributed by atoms with van der Waals surface area (Å²) in [4.78, 5) is 6.59. The van der Waals surface area contributed by atoms with Crippen LogP contribution >= 0.6 is 0 Å². The second kappa shape index (κ2) is 4.07. The van der Waals surface area contributed by atoms with Gasteiger partial charge in [0, 0.05) is 38.1 Å². The topological polar surface area (TPSA) is 28.2 Å². The lowest BCUT2D eigenvalue weighted by Gasteiger charge is -2.33. The molecule has 0 bridgehead atoms. The Kier molecular flexibility index (Phi) is 2.79. The summed E-state index contributed by atoms with van der Waals surface area (Å²) in [6.45, 7) is 5.38. The lowest BCUT2D eigenvalue weighted by molar-refractivity contribution is 0.201. The summed E-state index contributed by atoms with van der Waals surface area (Å²) in [5.41, 5.74) is 2.68. The van der Waals surface area contributed by atoms with Crippen LogP contribution in [0.15, 0.2) is 18.5 Å². The fourth-order valence-corrected chi connectivity index (χ4v) is 1.98. The minimum Gasteiger partial charge on any atom is -0.314 e. The van der Waals surface area contributed by atoms with E-state index in [0.29, 0.717) is 6.04 Å². The standard InChI is InChI=1S/C11H17N3/c1-9-3-4-12-7-10(9)11-8-13-5-6-14(11)2/h3-4,7,11,13H,5-6,8H2,1-2H3. The molecule has 1 atom stereocenters. The Balaban J connectivity index is 2.25. The third-order valence-electron chi connectivity index (χ3n) is 2.95. The van der Waals surface area contributed by atoms with Crippen LogP contribution in [0.5, 0.6) is 0 Å². The summed E-state index contributed by atoms with van der Waals surface area (Å²) >= 11 is 0. The molecule has 1 unspecified atom stereocenters. The van der Waals surface area contributed by atoms with Gasteiger partial charge in [0.25, 0.3) is 0 Å². The van der Waals surface area contributed by atoms with Gasteiger partial charge in [0.05, 0.1) is 0 Å². The van der Waals surface area contributed by atoms with Crippen LogP contribution in [0.25, 0.3) is 0 Å². The van der Waals surface area contributed by atoms with Gasteiger partial charge in [-0.25, -0.2) is 0 Å². The summed E-state index contributed by atoms with van der Waals surface area (Å²) in [5.74, 6) is 0. The Morgan fingerprint density at radius 3 is 3.14 bits per heavy atom. The van der Waals surface area contributed by atoms with Crippen LogP contribution in [0, 0.1) is 6.92 Å². The van der Waals surface area contributed by atoms with Crippen molar-refractivity contribution >= 4 is 0 Å². The fraction of sp³-hybridized carbons (Fsp3) is 0.545. The highest BCUT2D eigenvalue weighted by Crippen LogP contribution is 2.22. The maximum absolute atomic E-state index is 4.20. The Labute approximate surface area is 85.1 Å². The lowest BCUT2D eigenvalue weighted by atomic mass is 10.0. The summed E-state index contributed by atoms with van der Waals surface area (Å²) in [5, 5.41) is 3.42. The van der Waals surface area contributed by atoms with Crippen LogP contribution in [-0.2, 0) is 0 Å². The maximum Gasteiger partial charge on any atom is 0.0488 e. The molecule has 1 aromatic rings. The molecular formula is C11H17N3. The highest BCUT2D eigenvalue weighted by atomic mass is 15.2. The number of pyridine rings is 1. The van der Waals surface area contributed by atoms with Crippen molar-refractivity contribution in [1.82, 2.24) is 15.2 Å². The Morgan fingerprint density at radius 1 is 1.57 bits per heavy atom. The van der Waals surface area contributed by atoms with Crippen molar-refractivity contribution in [2.75, 3.05) is 26.7 Å². The molecule has 0 spiro atoms. The van der Waals surface area contributed by atoms with Gasteiger partial charge in [-0.3, -0.25) is 9.88 Å². The molecule has 0 amide bonds. The molecule has 76 valence electrons. The number of hydrogen-bond donors (Lipinski definition) is 1. The molecular weight excluding hydrogens is 174 g/mol. The van der Waals surface area contributed by atoms with Crippen molar-refractivity contribution in [1.29, 1.82) is 0 Å². The molecule has 0 saturated carbocycles. The molecule has 0 radical (unpaired) electrons. The third-order valence-corrected chi connectivity index (χ3v) is 2.95. The normalized spacial score (nSPS) is 23.7. The number of nitrogens with zero attached hydrogens (tertiary/aromatic N) is 2. The van der Waals surface area contributed by atoms with E-state index in [2.05, 4.69) is 35.2 Å². The molecule has 2 heterocycles. The van der Waals surface area contributed by atoms with Gasteiger partial charge in [0.2, 0.25) is 0 Å². The summed E-state index contributed by atoms with van der Waals surface area (Å²) in [6, 6.07) is 2.56. The summed E-state index contributed by atoms with van der Waals surface area (Å²) < 4.78 is 0. The highest BCUT2D eigenvalue weighted by Gasteiger charge is 2.21. The highest BCUT2D eigenvalue weighted by molar-refractivity contribution is 5.25. The van der Waals surface area contributed by atoms with E-state index in [1.807, 2.05) is 12.4 Å². The van der Waals surface area contributed by atoms with E-state index in [1.165, 1.54) is 11.1 Å². The molecule has 1 aliphatic heterocycles. The Morgan fingerprint density at radius 2 is 2.43 bits per heavy atom. The van der Waals surface area contributed by atoms with E-state index in [-0.39, 0.29) is 0 Å². The second-order valence-corrected chi connectivity index (χ2v) is 3.93. The predicted molar refractivity (Wildman–Crippen MR) is 57.2 cm³/mol. The smallest absolute Gasteiger partial charge is 0.0488 e. The van der Waals surface area contributed by atoms with Crippen LogP contribution in [0.4, 0.5) is 0 Å². The van der Waals surface area contributed by atoms with Crippen LogP contribution in [0.3, 0.4) is 0 Å². The van der Waals surface area contributed by atoms with E-state index in [0.717, 1.165) is 19.6 Å². The molecule has 1 aromatic heterocycles. The number of rotatable bonds is 1. The minimum absolute atomic E-state index is 0.484. The van der Waals surface area contributed by atoms with E-state index < -0.39 is 0 Å². The van der Waals surface area contributed by atoms with Crippen molar-refractivity contribution in [3.8, 4) is 0 Å². The molecule has 3 heteroatoms. The Bertz CT molecular complexity index is 311. The monoisotopic (exact) mass is 191 g/mol. The molecule has 2 rings (SSSR count). The van der Waals surface area contributed by atoms with E-state index in [1.54, 1.807) is 0 Å². The van der Waals surface area contributed by atoms with Crippen LogP contribution < -0.4 is 5.32 Å². The number of likely N-dealkylation sites (N-methyl/N-ethyl adjacent to an activating group) is 1. The number of aromatic nitrogens is 1.